The third kappa shape index (κ3) is 4.25. The maximum absolute atomic E-state index is 6.98. The molecule has 1 aromatic heterocycles. The van der Waals surface area contributed by atoms with Crippen LogP contribution in [0.3, 0.4) is 0 Å². The van der Waals surface area contributed by atoms with E-state index < -0.39 is 0 Å². The Morgan fingerprint density at radius 2 is 1.57 bits per heavy atom. The second kappa shape index (κ2) is 10.0. The number of aromatic amines is 1. The van der Waals surface area contributed by atoms with Crippen LogP contribution in [0.15, 0.2) is 91.1 Å². The van der Waals surface area contributed by atoms with Crippen molar-refractivity contribution in [3.8, 4) is 0 Å². The molecule has 2 unspecified atom stereocenters. The fraction of sp³-hybridized carbons (Fsp3) is 0.389. The third-order valence-corrected chi connectivity index (χ3v) is 10.2. The lowest BCUT2D eigenvalue weighted by Gasteiger charge is -2.44. The number of nitrogens with one attached hydrogen (secondary N) is 1. The minimum absolute atomic E-state index is 0.000608. The van der Waals surface area contributed by atoms with Crippen LogP contribution in [-0.4, -0.2) is 59.2 Å². The Morgan fingerprint density at radius 3 is 2.27 bits per heavy atom. The molecule has 3 aromatic carbocycles. The highest BCUT2D eigenvalue weighted by molar-refractivity contribution is 5.98. The molecular weight excluding hydrogens is 490 g/mol. The first-order valence-corrected chi connectivity index (χ1v) is 15.2. The Hall–Kier alpha value is -3.18. The van der Waals surface area contributed by atoms with Gasteiger partial charge in [-0.1, -0.05) is 78.9 Å². The van der Waals surface area contributed by atoms with Gasteiger partial charge in [0.1, 0.15) is 6.10 Å². The van der Waals surface area contributed by atoms with Crippen LogP contribution in [0.4, 0.5) is 0 Å². The zero-order chi connectivity index (χ0) is 26.6. The van der Waals surface area contributed by atoms with Crippen molar-refractivity contribution in [2.24, 2.45) is 5.92 Å². The van der Waals surface area contributed by atoms with Crippen molar-refractivity contribution in [1.82, 2.24) is 14.8 Å². The number of likely N-dealkylation sites (N-methyl/N-ethyl adjacent to an activating group) is 1. The van der Waals surface area contributed by atoms with Crippen molar-refractivity contribution >= 4 is 16.5 Å². The molecule has 204 valence electrons. The molecule has 4 heteroatoms. The molecule has 4 aromatic rings. The van der Waals surface area contributed by atoms with E-state index in [4.69, 9.17) is 4.74 Å². The molecule has 40 heavy (non-hydrogen) atoms. The van der Waals surface area contributed by atoms with Gasteiger partial charge in [0, 0.05) is 54.2 Å². The summed E-state index contributed by atoms with van der Waals surface area (Å²) in [6.07, 6.45) is 11.2. The van der Waals surface area contributed by atoms with Crippen LogP contribution in [-0.2, 0) is 11.2 Å². The first-order chi connectivity index (χ1) is 19.7. The van der Waals surface area contributed by atoms with Gasteiger partial charge in [-0.3, -0.25) is 9.80 Å². The predicted molar refractivity (Wildman–Crippen MR) is 162 cm³/mol. The molecule has 1 N–H and O–H groups in total. The van der Waals surface area contributed by atoms with E-state index >= 15 is 0 Å². The molecule has 0 spiro atoms. The number of nitrogens with zero attached hydrogens (tertiary/aromatic N) is 2. The minimum atomic E-state index is -0.000608. The molecule has 2 fully saturated rings. The molecule has 2 saturated heterocycles. The van der Waals surface area contributed by atoms with E-state index in [1.54, 1.807) is 5.57 Å². The third-order valence-electron chi connectivity index (χ3n) is 10.2. The van der Waals surface area contributed by atoms with Crippen LogP contribution >= 0.6 is 0 Å². The van der Waals surface area contributed by atoms with Crippen LogP contribution in [0.2, 0.25) is 0 Å². The average Bonchev–Trinajstić information content (AvgIpc) is 3.50. The molecule has 8 rings (SSSR count). The van der Waals surface area contributed by atoms with E-state index in [1.807, 2.05) is 0 Å². The highest BCUT2D eigenvalue weighted by Gasteiger charge is 2.43. The van der Waals surface area contributed by atoms with Crippen LogP contribution in [0.5, 0.6) is 0 Å². The summed E-state index contributed by atoms with van der Waals surface area (Å²) in [7, 11) is 2.34. The molecule has 2 bridgehead atoms. The SMILES string of the molecule is CN1C[C@@H](CN2C3CCC2CC(OC(c2ccccc2)c2ccccc2)C3)C=C2c3cccc4[nH]cc(c34)C[C@H]21. The Morgan fingerprint density at radius 1 is 0.875 bits per heavy atom. The fourth-order valence-electron chi connectivity index (χ4n) is 8.37. The number of aromatic nitrogens is 1. The molecule has 4 atom stereocenters. The molecule has 3 aliphatic heterocycles. The minimum Gasteiger partial charge on any atom is -0.365 e. The van der Waals surface area contributed by atoms with Crippen molar-refractivity contribution in [1.29, 1.82) is 0 Å². The zero-order valence-corrected chi connectivity index (χ0v) is 23.4. The van der Waals surface area contributed by atoms with Gasteiger partial charge in [0.25, 0.3) is 0 Å². The van der Waals surface area contributed by atoms with Gasteiger partial charge < -0.3 is 9.72 Å². The van der Waals surface area contributed by atoms with E-state index in [1.165, 1.54) is 52.5 Å². The number of hydrogen-bond donors (Lipinski definition) is 1. The molecule has 1 aliphatic carbocycles. The van der Waals surface area contributed by atoms with E-state index in [0.29, 0.717) is 30.1 Å². The topological polar surface area (TPSA) is 31.5 Å². The number of fused-ring (bicyclic) bond motifs is 4. The summed E-state index contributed by atoms with van der Waals surface area (Å²) < 4.78 is 6.98. The van der Waals surface area contributed by atoms with Gasteiger partial charge in [-0.25, -0.2) is 0 Å². The second-order valence-corrected chi connectivity index (χ2v) is 12.6. The van der Waals surface area contributed by atoms with Gasteiger partial charge in [-0.2, -0.15) is 0 Å². The molecule has 4 heterocycles. The summed E-state index contributed by atoms with van der Waals surface area (Å²) in [4.78, 5) is 9.00. The van der Waals surface area contributed by atoms with Crippen LogP contribution in [0.1, 0.15) is 54.0 Å². The van der Waals surface area contributed by atoms with Gasteiger partial charge >= 0.3 is 0 Å². The number of benzene rings is 3. The fourth-order valence-corrected chi connectivity index (χ4v) is 8.37. The lowest BCUT2D eigenvalue weighted by Crippen LogP contribution is -2.50. The first kappa shape index (κ1) is 24.6. The molecule has 0 amide bonds. The Labute approximate surface area is 237 Å². The lowest BCUT2D eigenvalue weighted by atomic mass is 9.79. The maximum Gasteiger partial charge on any atom is 0.108 e. The number of hydrogen-bond acceptors (Lipinski definition) is 3. The van der Waals surface area contributed by atoms with E-state index in [9.17, 15) is 0 Å². The van der Waals surface area contributed by atoms with Crippen LogP contribution in [0, 0.1) is 5.92 Å². The van der Waals surface area contributed by atoms with Gasteiger partial charge in [0.05, 0.1) is 6.10 Å². The Bertz CT molecular complexity index is 1470. The largest absolute Gasteiger partial charge is 0.365 e. The van der Waals surface area contributed by atoms with Crippen molar-refractivity contribution in [2.75, 3.05) is 20.1 Å². The number of ether oxygens (including phenoxy) is 1. The van der Waals surface area contributed by atoms with Crippen LogP contribution in [0.25, 0.3) is 16.5 Å². The summed E-state index contributed by atoms with van der Waals surface area (Å²) in [5.41, 5.74) is 8.26. The van der Waals surface area contributed by atoms with Crippen LogP contribution < -0.4 is 0 Å². The smallest absolute Gasteiger partial charge is 0.108 e. The van der Waals surface area contributed by atoms with Crippen molar-refractivity contribution in [3.05, 3.63) is 113 Å². The monoisotopic (exact) mass is 529 g/mol. The van der Waals surface area contributed by atoms with Gasteiger partial charge in [0.2, 0.25) is 0 Å². The second-order valence-electron chi connectivity index (χ2n) is 12.6. The summed E-state index contributed by atoms with van der Waals surface area (Å²) in [5, 5.41) is 1.45. The highest BCUT2D eigenvalue weighted by Crippen LogP contribution is 2.43. The zero-order valence-electron chi connectivity index (χ0n) is 23.4. The number of H-pyrrole nitrogens is 1. The summed E-state index contributed by atoms with van der Waals surface area (Å²) in [6.45, 7) is 2.31. The highest BCUT2D eigenvalue weighted by atomic mass is 16.5. The van der Waals surface area contributed by atoms with E-state index in [0.717, 1.165) is 25.8 Å². The summed E-state index contributed by atoms with van der Waals surface area (Å²) in [6, 6.07) is 30.1. The van der Waals surface area contributed by atoms with Crippen molar-refractivity contribution in [2.45, 2.75) is 62.4 Å². The van der Waals surface area contributed by atoms with Crippen molar-refractivity contribution in [3.63, 3.8) is 0 Å². The Balaban J connectivity index is 1.01. The summed E-state index contributed by atoms with van der Waals surface area (Å²) >= 11 is 0. The molecule has 4 nitrogen and oxygen atoms in total. The molecule has 0 radical (unpaired) electrons. The lowest BCUT2D eigenvalue weighted by molar-refractivity contribution is -0.0507. The predicted octanol–water partition coefficient (Wildman–Crippen LogP) is 6.84. The number of rotatable bonds is 6. The van der Waals surface area contributed by atoms with Crippen molar-refractivity contribution < 1.29 is 4.74 Å². The average molecular weight is 530 g/mol. The Kier molecular flexibility index (Phi) is 6.17. The normalized spacial score (nSPS) is 28.1. The van der Waals surface area contributed by atoms with Gasteiger partial charge in [-0.05, 0) is 73.0 Å². The van der Waals surface area contributed by atoms with E-state index in [2.05, 4.69) is 113 Å². The van der Waals surface area contributed by atoms with Gasteiger partial charge in [0.15, 0.2) is 0 Å². The molecule has 0 saturated carbocycles. The summed E-state index contributed by atoms with van der Waals surface area (Å²) in [5.74, 6) is 0.564. The maximum atomic E-state index is 6.98. The number of piperidine rings is 1. The standard InChI is InChI=1S/C36H39N3O/c1-38-22-24(17-32-31-13-8-14-33-35(31)27(21-37-33)18-34(32)38)23-39-28-15-16-29(39)20-30(19-28)40-36(25-9-4-2-5-10-25)26-11-6-3-7-12-26/h2-14,17,21,24,28-30,34,36-37H,15-16,18-20,22-23H2,1H3/t24-,28?,29?,30?,34+/m0/s1. The quantitative estimate of drug-likeness (QED) is 0.297. The molecular formula is C36H39N3O. The van der Waals surface area contributed by atoms with E-state index in [-0.39, 0.29) is 6.10 Å². The van der Waals surface area contributed by atoms with Gasteiger partial charge in [-0.15, -0.1) is 0 Å². The first-order valence-electron chi connectivity index (χ1n) is 15.2. The molecule has 4 aliphatic rings.